The number of aromatic nitrogens is 2. The van der Waals surface area contributed by atoms with Crippen molar-refractivity contribution in [2.45, 2.75) is 13.5 Å². The Morgan fingerprint density at radius 3 is 2.95 bits per heavy atom. The lowest BCUT2D eigenvalue weighted by molar-refractivity contribution is 0.0777. The SMILES string of the molecule is Cc1cc(CN(C)C(=O)c2csc(-c3cccs3)n2)no1. The van der Waals surface area contributed by atoms with Crippen LogP contribution in [0.5, 0.6) is 0 Å². The highest BCUT2D eigenvalue weighted by Gasteiger charge is 2.17. The van der Waals surface area contributed by atoms with E-state index in [4.69, 9.17) is 4.52 Å². The number of amides is 1. The molecule has 3 heterocycles. The highest BCUT2D eigenvalue weighted by molar-refractivity contribution is 7.20. The van der Waals surface area contributed by atoms with Crippen LogP contribution in [-0.4, -0.2) is 28.0 Å². The first-order valence-electron chi connectivity index (χ1n) is 6.30. The summed E-state index contributed by atoms with van der Waals surface area (Å²) >= 11 is 3.10. The highest BCUT2D eigenvalue weighted by Crippen LogP contribution is 2.28. The Morgan fingerprint density at radius 1 is 1.43 bits per heavy atom. The Balaban J connectivity index is 1.72. The summed E-state index contributed by atoms with van der Waals surface area (Å²) in [6.45, 7) is 2.23. The molecule has 0 aliphatic carbocycles. The summed E-state index contributed by atoms with van der Waals surface area (Å²) in [6.07, 6.45) is 0. The minimum absolute atomic E-state index is 0.116. The number of nitrogens with zero attached hydrogens (tertiary/aromatic N) is 3. The Hall–Kier alpha value is -1.99. The smallest absolute Gasteiger partial charge is 0.273 e. The second kappa shape index (κ2) is 5.79. The van der Waals surface area contributed by atoms with Gasteiger partial charge in [-0.1, -0.05) is 11.2 Å². The second-order valence-corrected chi connectivity index (χ2v) is 6.41. The van der Waals surface area contributed by atoms with Crippen molar-refractivity contribution in [3.63, 3.8) is 0 Å². The van der Waals surface area contributed by atoms with Gasteiger partial charge < -0.3 is 9.42 Å². The molecule has 7 heteroatoms. The third-order valence-corrected chi connectivity index (χ3v) is 4.76. The van der Waals surface area contributed by atoms with Crippen LogP contribution in [0.4, 0.5) is 0 Å². The van der Waals surface area contributed by atoms with Crippen molar-refractivity contribution in [1.82, 2.24) is 15.0 Å². The molecular weight excluding hydrogens is 306 g/mol. The van der Waals surface area contributed by atoms with Gasteiger partial charge >= 0.3 is 0 Å². The monoisotopic (exact) mass is 319 g/mol. The van der Waals surface area contributed by atoms with Crippen LogP contribution in [0.3, 0.4) is 0 Å². The fourth-order valence-corrected chi connectivity index (χ4v) is 3.50. The van der Waals surface area contributed by atoms with E-state index in [1.54, 1.807) is 28.7 Å². The van der Waals surface area contributed by atoms with Gasteiger partial charge in [0, 0.05) is 18.5 Å². The molecule has 0 spiro atoms. The van der Waals surface area contributed by atoms with Crippen molar-refractivity contribution >= 4 is 28.6 Å². The molecule has 21 heavy (non-hydrogen) atoms. The molecule has 0 N–H and O–H groups in total. The Kier molecular flexibility index (Phi) is 3.85. The Labute approximate surface area is 129 Å². The Bertz CT molecular complexity index is 746. The number of thiazole rings is 1. The van der Waals surface area contributed by atoms with Gasteiger partial charge in [0.2, 0.25) is 0 Å². The molecule has 0 fully saturated rings. The number of carbonyl (C=O) groups is 1. The van der Waals surface area contributed by atoms with Crippen molar-refractivity contribution in [3.05, 3.63) is 46.1 Å². The van der Waals surface area contributed by atoms with Crippen LogP contribution in [0.2, 0.25) is 0 Å². The van der Waals surface area contributed by atoms with Gasteiger partial charge in [0.05, 0.1) is 11.4 Å². The molecular formula is C14H13N3O2S2. The summed E-state index contributed by atoms with van der Waals surface area (Å²) in [5.41, 5.74) is 1.20. The van der Waals surface area contributed by atoms with E-state index in [1.807, 2.05) is 30.5 Å². The average Bonchev–Trinajstić information content (AvgIpc) is 3.18. The molecule has 0 saturated carbocycles. The molecule has 0 bridgehead atoms. The summed E-state index contributed by atoms with van der Waals surface area (Å²) < 4.78 is 5.00. The zero-order chi connectivity index (χ0) is 14.8. The van der Waals surface area contributed by atoms with Crippen LogP contribution >= 0.6 is 22.7 Å². The molecule has 1 amide bonds. The lowest BCUT2D eigenvalue weighted by Crippen LogP contribution is -2.26. The predicted octanol–water partition coefficient (Wildman–Crippen LogP) is 3.44. The number of hydrogen-bond donors (Lipinski definition) is 0. The van der Waals surface area contributed by atoms with Gasteiger partial charge in [0.25, 0.3) is 5.91 Å². The summed E-state index contributed by atoms with van der Waals surface area (Å²) in [6, 6.07) is 5.80. The lowest BCUT2D eigenvalue weighted by Gasteiger charge is -2.13. The molecule has 5 nitrogen and oxygen atoms in total. The number of carbonyl (C=O) groups excluding carboxylic acids is 1. The van der Waals surface area contributed by atoms with E-state index in [1.165, 1.54) is 11.3 Å². The highest BCUT2D eigenvalue weighted by atomic mass is 32.1. The maximum absolute atomic E-state index is 12.4. The van der Waals surface area contributed by atoms with Gasteiger partial charge in [-0.15, -0.1) is 22.7 Å². The van der Waals surface area contributed by atoms with Gasteiger partial charge in [0.1, 0.15) is 22.2 Å². The van der Waals surface area contributed by atoms with Crippen LogP contribution in [0.25, 0.3) is 9.88 Å². The van der Waals surface area contributed by atoms with Crippen LogP contribution in [0, 0.1) is 6.92 Å². The standard InChI is InChI=1S/C14H13N3O2S2/c1-9-6-10(16-19-9)7-17(2)14(18)11-8-21-13(15-11)12-4-3-5-20-12/h3-6,8H,7H2,1-2H3. The fourth-order valence-electron chi connectivity index (χ4n) is 1.89. The van der Waals surface area contributed by atoms with E-state index in [0.717, 1.165) is 21.3 Å². The molecule has 0 aliphatic rings. The molecule has 0 saturated heterocycles. The second-order valence-electron chi connectivity index (χ2n) is 4.61. The normalized spacial score (nSPS) is 10.8. The van der Waals surface area contributed by atoms with Crippen molar-refractivity contribution in [3.8, 4) is 9.88 Å². The summed E-state index contributed by atoms with van der Waals surface area (Å²) in [5.74, 6) is 0.620. The molecule has 108 valence electrons. The van der Waals surface area contributed by atoms with Gasteiger partial charge in [-0.2, -0.15) is 0 Å². The summed E-state index contributed by atoms with van der Waals surface area (Å²) in [5, 5.41) is 8.56. The molecule has 3 rings (SSSR count). The molecule has 0 unspecified atom stereocenters. The van der Waals surface area contributed by atoms with E-state index in [0.29, 0.717) is 12.2 Å². The molecule has 0 radical (unpaired) electrons. The average molecular weight is 319 g/mol. The molecule has 3 aromatic rings. The van der Waals surface area contributed by atoms with Gasteiger partial charge in [-0.3, -0.25) is 4.79 Å². The zero-order valence-electron chi connectivity index (χ0n) is 11.6. The summed E-state index contributed by atoms with van der Waals surface area (Å²) in [7, 11) is 1.73. The van der Waals surface area contributed by atoms with E-state index in [-0.39, 0.29) is 5.91 Å². The van der Waals surface area contributed by atoms with Crippen LogP contribution in [-0.2, 0) is 6.54 Å². The largest absolute Gasteiger partial charge is 0.361 e. The zero-order valence-corrected chi connectivity index (χ0v) is 13.2. The van der Waals surface area contributed by atoms with Gasteiger partial charge in [0.15, 0.2) is 0 Å². The first-order valence-corrected chi connectivity index (χ1v) is 8.06. The maximum atomic E-state index is 12.4. The fraction of sp³-hybridized carbons (Fsp3) is 0.214. The minimum Gasteiger partial charge on any atom is -0.361 e. The summed E-state index contributed by atoms with van der Waals surface area (Å²) in [4.78, 5) is 19.4. The molecule has 0 aromatic carbocycles. The van der Waals surface area contributed by atoms with Crippen molar-refractivity contribution in [2.24, 2.45) is 0 Å². The topological polar surface area (TPSA) is 59.2 Å². The van der Waals surface area contributed by atoms with E-state index < -0.39 is 0 Å². The number of thiophene rings is 1. The third kappa shape index (κ3) is 3.03. The van der Waals surface area contributed by atoms with E-state index in [2.05, 4.69) is 10.1 Å². The van der Waals surface area contributed by atoms with Crippen molar-refractivity contribution < 1.29 is 9.32 Å². The first-order chi connectivity index (χ1) is 10.1. The minimum atomic E-state index is -0.116. The quantitative estimate of drug-likeness (QED) is 0.739. The molecule has 0 aliphatic heterocycles. The van der Waals surface area contributed by atoms with Crippen LogP contribution in [0.1, 0.15) is 21.9 Å². The van der Waals surface area contributed by atoms with Gasteiger partial charge in [-0.05, 0) is 18.4 Å². The number of hydrogen-bond acceptors (Lipinski definition) is 6. The third-order valence-electron chi connectivity index (χ3n) is 2.88. The lowest BCUT2D eigenvalue weighted by atomic mass is 10.3. The van der Waals surface area contributed by atoms with Crippen LogP contribution in [0.15, 0.2) is 33.5 Å². The van der Waals surface area contributed by atoms with E-state index in [9.17, 15) is 4.79 Å². The number of aryl methyl sites for hydroxylation is 1. The van der Waals surface area contributed by atoms with E-state index >= 15 is 0 Å². The predicted molar refractivity (Wildman–Crippen MR) is 82.5 cm³/mol. The number of rotatable bonds is 4. The molecule has 0 atom stereocenters. The molecule has 3 aromatic heterocycles. The first kappa shape index (κ1) is 14.0. The van der Waals surface area contributed by atoms with Crippen molar-refractivity contribution in [1.29, 1.82) is 0 Å². The maximum Gasteiger partial charge on any atom is 0.273 e. The van der Waals surface area contributed by atoms with Crippen LogP contribution < -0.4 is 0 Å². The van der Waals surface area contributed by atoms with Crippen molar-refractivity contribution in [2.75, 3.05) is 7.05 Å². The van der Waals surface area contributed by atoms with Gasteiger partial charge in [-0.25, -0.2) is 4.98 Å². The Morgan fingerprint density at radius 2 is 2.29 bits per heavy atom.